The number of hydrogen-bond donors (Lipinski definition) is 4. The standard InChI is InChI=1S/C21H32O9/c1-4-11(2)14-9-8-12(3)20(17(25)13(23)6-5-7-16(24)28-14)30-21-19(27)18(26)15(10-22)29-21/h4,8,14-15,17-22,25-27H,5-7,9-10H2,1-3H3/b11-4-,12-8+/t14-,15-,17-,18-,19+,20-,21-/m1/s1. The first kappa shape index (κ1) is 24.6. The molecule has 0 aliphatic carbocycles. The number of esters is 1. The first-order valence-corrected chi connectivity index (χ1v) is 10.2. The van der Waals surface area contributed by atoms with Crippen LogP contribution in [0.15, 0.2) is 23.3 Å². The van der Waals surface area contributed by atoms with Crippen LogP contribution in [0.3, 0.4) is 0 Å². The predicted octanol–water partition coefficient (Wildman–Crippen LogP) is 0.139. The number of Topliss-reactive ketones (excluding diaryl/α,β-unsaturated/α-hetero) is 1. The van der Waals surface area contributed by atoms with Gasteiger partial charge in [0.1, 0.15) is 36.6 Å². The molecule has 7 atom stereocenters. The van der Waals surface area contributed by atoms with Crippen molar-refractivity contribution >= 4 is 11.8 Å². The van der Waals surface area contributed by atoms with Gasteiger partial charge in [0.15, 0.2) is 12.1 Å². The Hall–Kier alpha value is -1.62. The second-order valence-electron chi connectivity index (χ2n) is 7.72. The molecule has 0 spiro atoms. The molecule has 1 fully saturated rings. The normalized spacial score (nSPS) is 39.0. The number of hydrogen-bond acceptors (Lipinski definition) is 9. The summed E-state index contributed by atoms with van der Waals surface area (Å²) >= 11 is 0. The lowest BCUT2D eigenvalue weighted by Gasteiger charge is -2.28. The highest BCUT2D eigenvalue weighted by Crippen LogP contribution is 2.27. The molecule has 0 aromatic rings. The summed E-state index contributed by atoms with van der Waals surface area (Å²) < 4.78 is 16.6. The molecule has 2 heterocycles. The molecule has 0 unspecified atom stereocenters. The molecular formula is C21H32O9. The van der Waals surface area contributed by atoms with Crippen LogP contribution in [0.1, 0.15) is 46.5 Å². The number of carbonyl (C=O) groups is 2. The van der Waals surface area contributed by atoms with Gasteiger partial charge in [0.05, 0.1) is 6.61 Å². The van der Waals surface area contributed by atoms with Gasteiger partial charge in [-0.2, -0.15) is 0 Å². The Kier molecular flexibility index (Phi) is 9.14. The smallest absolute Gasteiger partial charge is 0.306 e. The molecule has 9 heteroatoms. The van der Waals surface area contributed by atoms with Crippen LogP contribution < -0.4 is 0 Å². The number of aliphatic hydroxyl groups is 4. The van der Waals surface area contributed by atoms with Gasteiger partial charge in [-0.15, -0.1) is 0 Å². The number of carbonyl (C=O) groups excluding carboxylic acids is 2. The maximum atomic E-state index is 12.4. The molecule has 30 heavy (non-hydrogen) atoms. The van der Waals surface area contributed by atoms with Gasteiger partial charge in [-0.25, -0.2) is 0 Å². The van der Waals surface area contributed by atoms with Gasteiger partial charge in [-0.3, -0.25) is 9.59 Å². The van der Waals surface area contributed by atoms with Gasteiger partial charge in [0.25, 0.3) is 0 Å². The average Bonchev–Trinajstić information content (AvgIpc) is 3.00. The Bertz CT molecular complexity index is 671. The fraction of sp³-hybridized carbons (Fsp3) is 0.714. The summed E-state index contributed by atoms with van der Waals surface area (Å²) in [5.41, 5.74) is 1.35. The molecule has 2 aliphatic heterocycles. The van der Waals surface area contributed by atoms with E-state index >= 15 is 0 Å². The second kappa shape index (κ2) is 11.1. The van der Waals surface area contributed by atoms with Crippen LogP contribution in [-0.2, 0) is 23.8 Å². The number of aliphatic hydroxyl groups excluding tert-OH is 4. The third kappa shape index (κ3) is 5.96. The Balaban J connectivity index is 2.28. The summed E-state index contributed by atoms with van der Waals surface area (Å²) in [4.78, 5) is 24.5. The van der Waals surface area contributed by atoms with E-state index in [9.17, 15) is 30.0 Å². The summed E-state index contributed by atoms with van der Waals surface area (Å²) in [6, 6.07) is 0. The zero-order valence-electron chi connectivity index (χ0n) is 17.6. The minimum absolute atomic E-state index is 0.0490. The molecule has 0 aromatic heterocycles. The van der Waals surface area contributed by atoms with Crippen LogP contribution in [0.2, 0.25) is 0 Å². The molecule has 9 nitrogen and oxygen atoms in total. The van der Waals surface area contributed by atoms with E-state index in [1.807, 2.05) is 19.9 Å². The molecular weight excluding hydrogens is 396 g/mol. The van der Waals surface area contributed by atoms with Crippen LogP contribution in [0.25, 0.3) is 0 Å². The van der Waals surface area contributed by atoms with Crippen molar-refractivity contribution in [2.24, 2.45) is 0 Å². The zero-order valence-corrected chi connectivity index (χ0v) is 17.6. The average molecular weight is 428 g/mol. The minimum atomic E-state index is -1.54. The molecule has 0 bridgehead atoms. The Morgan fingerprint density at radius 1 is 1.23 bits per heavy atom. The highest BCUT2D eigenvalue weighted by molar-refractivity contribution is 5.84. The van der Waals surface area contributed by atoms with E-state index in [0.29, 0.717) is 12.0 Å². The molecule has 0 saturated carbocycles. The third-order valence-corrected chi connectivity index (χ3v) is 5.54. The van der Waals surface area contributed by atoms with Gasteiger partial charge in [-0.1, -0.05) is 12.2 Å². The maximum Gasteiger partial charge on any atom is 0.306 e. The van der Waals surface area contributed by atoms with Crippen molar-refractivity contribution in [1.29, 1.82) is 0 Å². The van der Waals surface area contributed by atoms with Crippen molar-refractivity contribution in [1.82, 2.24) is 0 Å². The van der Waals surface area contributed by atoms with Crippen LogP contribution in [0.4, 0.5) is 0 Å². The summed E-state index contributed by atoms with van der Waals surface area (Å²) in [5, 5.41) is 39.9. The van der Waals surface area contributed by atoms with E-state index in [1.165, 1.54) is 0 Å². The van der Waals surface area contributed by atoms with Crippen molar-refractivity contribution in [2.45, 2.75) is 89.4 Å². The highest BCUT2D eigenvalue weighted by Gasteiger charge is 2.45. The SMILES string of the molecule is C/C=C(/C)[C@H]1C/C=C(\C)[C@@H](O[C@H]2O[C@H](CO)[C@@H](O)[C@@H]2O)[C@H](O)C(=O)CCCC(=O)O1. The maximum absolute atomic E-state index is 12.4. The predicted molar refractivity (Wildman–Crippen MR) is 105 cm³/mol. The van der Waals surface area contributed by atoms with Gasteiger partial charge in [-0.05, 0) is 38.3 Å². The van der Waals surface area contributed by atoms with Crippen LogP contribution in [0.5, 0.6) is 0 Å². The van der Waals surface area contributed by atoms with Crippen molar-refractivity contribution < 1.29 is 44.2 Å². The van der Waals surface area contributed by atoms with Crippen molar-refractivity contribution in [3.8, 4) is 0 Å². The van der Waals surface area contributed by atoms with Crippen LogP contribution >= 0.6 is 0 Å². The summed E-state index contributed by atoms with van der Waals surface area (Å²) in [6.45, 7) is 4.82. The van der Waals surface area contributed by atoms with Crippen LogP contribution in [0, 0.1) is 0 Å². The van der Waals surface area contributed by atoms with Gasteiger partial charge >= 0.3 is 5.97 Å². The monoisotopic (exact) mass is 428 g/mol. The Labute approximate surface area is 175 Å². The molecule has 4 N–H and O–H groups in total. The van der Waals surface area contributed by atoms with Crippen molar-refractivity contribution in [3.63, 3.8) is 0 Å². The molecule has 2 aliphatic rings. The lowest BCUT2D eigenvalue weighted by Crippen LogP contribution is -2.43. The van der Waals surface area contributed by atoms with Crippen molar-refractivity contribution in [3.05, 3.63) is 23.3 Å². The first-order valence-electron chi connectivity index (χ1n) is 10.2. The largest absolute Gasteiger partial charge is 0.458 e. The van der Waals surface area contributed by atoms with Gasteiger partial charge in [0, 0.05) is 19.3 Å². The van der Waals surface area contributed by atoms with Gasteiger partial charge in [0.2, 0.25) is 0 Å². The van der Waals surface area contributed by atoms with E-state index in [0.717, 1.165) is 5.57 Å². The summed E-state index contributed by atoms with van der Waals surface area (Å²) in [7, 11) is 0. The Morgan fingerprint density at radius 2 is 1.93 bits per heavy atom. The molecule has 0 amide bonds. The lowest BCUT2D eigenvalue weighted by molar-refractivity contribution is -0.202. The molecule has 0 radical (unpaired) electrons. The molecule has 2 rings (SSSR count). The van der Waals surface area contributed by atoms with E-state index in [2.05, 4.69) is 0 Å². The van der Waals surface area contributed by atoms with E-state index in [4.69, 9.17) is 14.2 Å². The summed E-state index contributed by atoms with van der Waals surface area (Å²) in [6.07, 6.45) is -4.25. The zero-order chi connectivity index (χ0) is 22.4. The number of allylic oxidation sites excluding steroid dienone is 1. The van der Waals surface area contributed by atoms with Crippen LogP contribution in [-0.4, -0.2) is 81.7 Å². The third-order valence-electron chi connectivity index (χ3n) is 5.54. The molecule has 170 valence electrons. The number of ketones is 1. The number of rotatable bonds is 4. The summed E-state index contributed by atoms with van der Waals surface area (Å²) in [5.74, 6) is -0.927. The quantitative estimate of drug-likeness (QED) is 0.363. The van der Waals surface area contributed by atoms with E-state index < -0.39 is 61.3 Å². The fourth-order valence-corrected chi connectivity index (χ4v) is 3.42. The Morgan fingerprint density at radius 3 is 2.53 bits per heavy atom. The second-order valence-corrected chi connectivity index (χ2v) is 7.72. The molecule has 0 aromatic carbocycles. The molecule has 1 saturated heterocycles. The van der Waals surface area contributed by atoms with E-state index in [1.54, 1.807) is 13.0 Å². The fourth-order valence-electron chi connectivity index (χ4n) is 3.42. The minimum Gasteiger partial charge on any atom is -0.458 e. The lowest BCUT2D eigenvalue weighted by atomic mass is 9.96. The number of ether oxygens (including phenoxy) is 3. The van der Waals surface area contributed by atoms with Gasteiger partial charge < -0.3 is 34.6 Å². The van der Waals surface area contributed by atoms with E-state index in [-0.39, 0.29) is 19.3 Å². The van der Waals surface area contributed by atoms with Crippen molar-refractivity contribution in [2.75, 3.05) is 6.61 Å². The topological polar surface area (TPSA) is 143 Å². The highest BCUT2D eigenvalue weighted by atomic mass is 16.7. The number of cyclic esters (lactones) is 1. The first-order chi connectivity index (χ1) is 14.2.